The van der Waals surface area contributed by atoms with Crippen molar-refractivity contribution in [2.45, 2.75) is 31.6 Å². The molecule has 0 saturated carbocycles. The highest BCUT2D eigenvalue weighted by Gasteiger charge is 2.10. The van der Waals surface area contributed by atoms with E-state index in [1.807, 2.05) is 6.07 Å². The van der Waals surface area contributed by atoms with E-state index in [4.69, 9.17) is 4.55 Å². The van der Waals surface area contributed by atoms with E-state index in [-0.39, 0.29) is 4.90 Å². The van der Waals surface area contributed by atoms with Gasteiger partial charge in [-0.15, -0.1) is 0 Å². The molecular formula is C14H16O3S. The van der Waals surface area contributed by atoms with Crippen molar-refractivity contribution in [2.75, 3.05) is 0 Å². The van der Waals surface area contributed by atoms with Crippen LogP contribution in [0.15, 0.2) is 35.2 Å². The molecule has 0 unspecified atom stereocenters. The molecule has 0 atom stereocenters. The summed E-state index contributed by atoms with van der Waals surface area (Å²) >= 11 is 0. The van der Waals surface area contributed by atoms with Crippen molar-refractivity contribution >= 4 is 20.9 Å². The van der Waals surface area contributed by atoms with Gasteiger partial charge in [-0.3, -0.25) is 4.55 Å². The lowest BCUT2D eigenvalue weighted by atomic mass is 9.98. The molecule has 0 aliphatic rings. The Labute approximate surface area is 107 Å². The van der Waals surface area contributed by atoms with Crippen LogP contribution in [-0.2, 0) is 23.0 Å². The van der Waals surface area contributed by atoms with Gasteiger partial charge in [-0.05, 0) is 46.9 Å². The van der Waals surface area contributed by atoms with E-state index in [0.717, 1.165) is 23.6 Å². The van der Waals surface area contributed by atoms with E-state index >= 15 is 0 Å². The van der Waals surface area contributed by atoms with Gasteiger partial charge in [0, 0.05) is 0 Å². The average Bonchev–Trinajstić information content (AvgIpc) is 2.35. The molecule has 2 aromatic rings. The minimum Gasteiger partial charge on any atom is -0.282 e. The van der Waals surface area contributed by atoms with E-state index in [9.17, 15) is 8.42 Å². The number of benzene rings is 2. The van der Waals surface area contributed by atoms with Gasteiger partial charge in [-0.2, -0.15) is 8.42 Å². The predicted octanol–water partition coefficient (Wildman–Crippen LogP) is 3.21. The molecule has 0 aromatic heterocycles. The number of hydrogen-bond donors (Lipinski definition) is 1. The minimum absolute atomic E-state index is 0.0544. The normalized spacial score (nSPS) is 11.9. The largest absolute Gasteiger partial charge is 0.294 e. The quantitative estimate of drug-likeness (QED) is 0.866. The Balaban J connectivity index is 2.71. The second-order valence-electron chi connectivity index (χ2n) is 4.31. The van der Waals surface area contributed by atoms with Crippen LogP contribution >= 0.6 is 0 Å². The van der Waals surface area contributed by atoms with E-state index in [1.54, 1.807) is 6.07 Å². The van der Waals surface area contributed by atoms with Crippen LogP contribution in [0.1, 0.15) is 25.0 Å². The first-order valence-electron chi connectivity index (χ1n) is 5.98. The third kappa shape index (κ3) is 2.40. The number of fused-ring (bicyclic) bond motifs is 1. The lowest BCUT2D eigenvalue weighted by molar-refractivity contribution is 0.483. The molecule has 0 fully saturated rings. The second kappa shape index (κ2) is 4.71. The van der Waals surface area contributed by atoms with Crippen molar-refractivity contribution in [1.82, 2.24) is 0 Å². The van der Waals surface area contributed by atoms with E-state index in [2.05, 4.69) is 19.9 Å². The SMILES string of the molecule is CCc1cc2ccc(S(=O)(=O)O)cc2cc1CC. The molecule has 2 aromatic carbocycles. The molecule has 96 valence electrons. The highest BCUT2D eigenvalue weighted by molar-refractivity contribution is 7.85. The molecule has 0 amide bonds. The Morgan fingerprint density at radius 3 is 2.00 bits per heavy atom. The van der Waals surface area contributed by atoms with Crippen molar-refractivity contribution in [3.63, 3.8) is 0 Å². The van der Waals surface area contributed by atoms with Crippen molar-refractivity contribution in [3.8, 4) is 0 Å². The zero-order chi connectivity index (χ0) is 13.3. The van der Waals surface area contributed by atoms with Crippen molar-refractivity contribution in [2.24, 2.45) is 0 Å². The van der Waals surface area contributed by atoms with Crippen LogP contribution in [0.4, 0.5) is 0 Å². The topological polar surface area (TPSA) is 54.4 Å². The van der Waals surface area contributed by atoms with Gasteiger partial charge in [0.1, 0.15) is 0 Å². The molecule has 0 aliphatic heterocycles. The Morgan fingerprint density at radius 1 is 0.944 bits per heavy atom. The van der Waals surface area contributed by atoms with Crippen LogP contribution < -0.4 is 0 Å². The fourth-order valence-corrected chi connectivity index (χ4v) is 2.70. The van der Waals surface area contributed by atoms with Crippen LogP contribution in [0.5, 0.6) is 0 Å². The van der Waals surface area contributed by atoms with Gasteiger partial charge >= 0.3 is 0 Å². The highest BCUT2D eigenvalue weighted by atomic mass is 32.2. The lowest BCUT2D eigenvalue weighted by Gasteiger charge is -2.09. The zero-order valence-electron chi connectivity index (χ0n) is 10.5. The minimum atomic E-state index is -4.13. The zero-order valence-corrected chi connectivity index (χ0v) is 11.3. The van der Waals surface area contributed by atoms with E-state index in [1.165, 1.54) is 23.3 Å². The standard InChI is InChI=1S/C14H16O3S/c1-3-10-7-12-5-6-14(18(15,16)17)9-13(12)8-11(10)4-2/h5-9H,3-4H2,1-2H3,(H,15,16,17). The second-order valence-corrected chi connectivity index (χ2v) is 5.73. The van der Waals surface area contributed by atoms with Gasteiger partial charge in [0.15, 0.2) is 0 Å². The molecule has 3 nitrogen and oxygen atoms in total. The predicted molar refractivity (Wildman–Crippen MR) is 72.5 cm³/mol. The third-order valence-corrected chi connectivity index (χ3v) is 4.04. The van der Waals surface area contributed by atoms with Gasteiger partial charge in [0.05, 0.1) is 4.90 Å². The number of rotatable bonds is 3. The summed E-state index contributed by atoms with van der Waals surface area (Å²) in [5.41, 5.74) is 2.50. The smallest absolute Gasteiger partial charge is 0.282 e. The van der Waals surface area contributed by atoms with Crippen molar-refractivity contribution in [3.05, 3.63) is 41.5 Å². The Bertz CT molecular complexity index is 687. The monoisotopic (exact) mass is 264 g/mol. The van der Waals surface area contributed by atoms with Crippen LogP contribution in [0.3, 0.4) is 0 Å². The summed E-state index contributed by atoms with van der Waals surface area (Å²) in [6, 6.07) is 8.77. The van der Waals surface area contributed by atoms with E-state index in [0.29, 0.717) is 0 Å². The van der Waals surface area contributed by atoms with Crippen molar-refractivity contribution < 1.29 is 13.0 Å². The molecule has 0 heterocycles. The number of aryl methyl sites for hydroxylation is 2. The summed E-state index contributed by atoms with van der Waals surface area (Å²) < 4.78 is 31.3. The molecule has 1 N–H and O–H groups in total. The molecular weight excluding hydrogens is 248 g/mol. The summed E-state index contributed by atoms with van der Waals surface area (Å²) in [4.78, 5) is -0.0544. The summed E-state index contributed by atoms with van der Waals surface area (Å²) in [7, 11) is -4.13. The van der Waals surface area contributed by atoms with Crippen LogP contribution in [0.25, 0.3) is 10.8 Å². The summed E-state index contributed by atoms with van der Waals surface area (Å²) in [6.07, 6.45) is 1.87. The Hall–Kier alpha value is -1.39. The maximum atomic E-state index is 11.1. The molecule has 4 heteroatoms. The van der Waals surface area contributed by atoms with Crippen LogP contribution in [0, 0.1) is 0 Å². The first-order chi connectivity index (χ1) is 8.45. The maximum Gasteiger partial charge on any atom is 0.294 e. The van der Waals surface area contributed by atoms with Gasteiger partial charge in [0.25, 0.3) is 10.1 Å². The number of hydrogen-bond acceptors (Lipinski definition) is 2. The Morgan fingerprint density at radius 2 is 1.50 bits per heavy atom. The van der Waals surface area contributed by atoms with Crippen molar-refractivity contribution in [1.29, 1.82) is 0 Å². The van der Waals surface area contributed by atoms with Gasteiger partial charge < -0.3 is 0 Å². The Kier molecular flexibility index (Phi) is 3.41. The fraction of sp³-hybridized carbons (Fsp3) is 0.286. The summed E-state index contributed by atoms with van der Waals surface area (Å²) in [5.74, 6) is 0. The molecule has 18 heavy (non-hydrogen) atoms. The highest BCUT2D eigenvalue weighted by Crippen LogP contribution is 2.24. The summed E-state index contributed by atoms with van der Waals surface area (Å²) in [6.45, 7) is 4.18. The molecule has 0 bridgehead atoms. The van der Waals surface area contributed by atoms with Gasteiger partial charge in [-0.25, -0.2) is 0 Å². The van der Waals surface area contributed by atoms with Gasteiger partial charge in [0.2, 0.25) is 0 Å². The van der Waals surface area contributed by atoms with E-state index < -0.39 is 10.1 Å². The summed E-state index contributed by atoms with van der Waals surface area (Å²) in [5, 5.41) is 1.84. The molecule has 2 rings (SSSR count). The maximum absolute atomic E-state index is 11.1. The average molecular weight is 264 g/mol. The lowest BCUT2D eigenvalue weighted by Crippen LogP contribution is -1.98. The van der Waals surface area contributed by atoms with Gasteiger partial charge in [-0.1, -0.05) is 32.0 Å². The molecule has 0 aliphatic carbocycles. The van der Waals surface area contributed by atoms with Crippen LogP contribution in [0.2, 0.25) is 0 Å². The fourth-order valence-electron chi connectivity index (χ4n) is 2.19. The molecule has 0 saturated heterocycles. The van der Waals surface area contributed by atoms with Crippen LogP contribution in [-0.4, -0.2) is 13.0 Å². The molecule has 0 radical (unpaired) electrons. The first kappa shape index (κ1) is 13.1. The first-order valence-corrected chi connectivity index (χ1v) is 7.42. The molecule has 0 spiro atoms. The third-order valence-electron chi connectivity index (χ3n) is 3.19.